The van der Waals surface area contributed by atoms with Crippen LogP contribution in [0.25, 0.3) is 0 Å². The molecule has 0 aromatic heterocycles. The van der Waals surface area contributed by atoms with Gasteiger partial charge in [0.05, 0.1) is 13.0 Å². The molecule has 0 saturated carbocycles. The van der Waals surface area contributed by atoms with Crippen molar-refractivity contribution in [3.05, 3.63) is 30.3 Å². The summed E-state index contributed by atoms with van der Waals surface area (Å²) in [6.07, 6.45) is 0.155. The van der Waals surface area contributed by atoms with Gasteiger partial charge >= 0.3 is 5.97 Å². The molecule has 0 aliphatic carbocycles. The molecular formula is C14H16N2O4. The highest BCUT2D eigenvalue weighted by Crippen LogP contribution is 2.24. The Morgan fingerprint density at radius 1 is 1.35 bits per heavy atom. The smallest absolute Gasteiger partial charge is 0.325 e. The molecule has 6 heteroatoms. The van der Waals surface area contributed by atoms with Crippen LogP contribution in [0.4, 0.5) is 5.69 Å². The maximum atomic E-state index is 11.9. The molecule has 106 valence electrons. The fraction of sp³-hybridized carbons (Fsp3) is 0.357. The van der Waals surface area contributed by atoms with Crippen LogP contribution in [0, 0.1) is 5.92 Å². The van der Waals surface area contributed by atoms with E-state index in [1.165, 1.54) is 7.11 Å². The van der Waals surface area contributed by atoms with E-state index in [4.69, 9.17) is 0 Å². The van der Waals surface area contributed by atoms with Crippen LogP contribution in [-0.2, 0) is 19.1 Å². The zero-order chi connectivity index (χ0) is 14.5. The largest absolute Gasteiger partial charge is 0.468 e. The number of hydrogen-bond donors (Lipinski definition) is 1. The van der Waals surface area contributed by atoms with Crippen molar-refractivity contribution in [1.82, 2.24) is 5.32 Å². The monoisotopic (exact) mass is 276 g/mol. The lowest BCUT2D eigenvalue weighted by molar-refractivity contribution is -0.141. The lowest BCUT2D eigenvalue weighted by Crippen LogP contribution is -2.36. The van der Waals surface area contributed by atoms with Gasteiger partial charge in [0, 0.05) is 18.7 Å². The van der Waals surface area contributed by atoms with E-state index in [-0.39, 0.29) is 24.8 Å². The summed E-state index contributed by atoms with van der Waals surface area (Å²) in [4.78, 5) is 36.4. The zero-order valence-corrected chi connectivity index (χ0v) is 11.2. The van der Waals surface area contributed by atoms with Gasteiger partial charge < -0.3 is 15.0 Å². The fourth-order valence-electron chi connectivity index (χ4n) is 2.12. The number of esters is 1. The van der Waals surface area contributed by atoms with Gasteiger partial charge in [-0.15, -0.1) is 0 Å². The summed E-state index contributed by atoms with van der Waals surface area (Å²) >= 11 is 0. The second kappa shape index (κ2) is 6.18. The van der Waals surface area contributed by atoms with Gasteiger partial charge in [0.15, 0.2) is 0 Å². The van der Waals surface area contributed by atoms with Crippen molar-refractivity contribution in [2.75, 3.05) is 25.1 Å². The van der Waals surface area contributed by atoms with E-state index in [0.717, 1.165) is 5.69 Å². The topological polar surface area (TPSA) is 75.7 Å². The van der Waals surface area contributed by atoms with Gasteiger partial charge in [0.2, 0.25) is 11.8 Å². The first-order valence-electron chi connectivity index (χ1n) is 6.31. The minimum absolute atomic E-state index is 0.0885. The first-order valence-corrected chi connectivity index (χ1v) is 6.31. The molecule has 0 bridgehead atoms. The first kappa shape index (κ1) is 14.0. The quantitative estimate of drug-likeness (QED) is 0.804. The number of nitrogens with zero attached hydrogens (tertiary/aromatic N) is 1. The average Bonchev–Trinajstić information content (AvgIpc) is 2.87. The predicted molar refractivity (Wildman–Crippen MR) is 71.9 cm³/mol. The number of ether oxygens (including phenoxy) is 1. The van der Waals surface area contributed by atoms with Gasteiger partial charge in [-0.25, -0.2) is 0 Å². The summed E-state index contributed by atoms with van der Waals surface area (Å²) < 4.78 is 4.44. The lowest BCUT2D eigenvalue weighted by Gasteiger charge is -2.16. The summed E-state index contributed by atoms with van der Waals surface area (Å²) in [5, 5.41) is 2.48. The summed E-state index contributed by atoms with van der Waals surface area (Å²) in [7, 11) is 1.25. The summed E-state index contributed by atoms with van der Waals surface area (Å²) in [5.41, 5.74) is 0.778. The van der Waals surface area contributed by atoms with Crippen molar-refractivity contribution in [3.8, 4) is 0 Å². The summed E-state index contributed by atoms with van der Waals surface area (Å²) in [6.45, 7) is 0.154. The lowest BCUT2D eigenvalue weighted by atomic mass is 10.1. The number of nitrogens with one attached hydrogen (secondary N) is 1. The van der Waals surface area contributed by atoms with Crippen molar-refractivity contribution in [2.24, 2.45) is 5.92 Å². The third-order valence-electron chi connectivity index (χ3n) is 3.20. The third kappa shape index (κ3) is 3.14. The van der Waals surface area contributed by atoms with Gasteiger partial charge in [0.1, 0.15) is 6.54 Å². The van der Waals surface area contributed by atoms with E-state index in [0.29, 0.717) is 6.54 Å². The van der Waals surface area contributed by atoms with E-state index in [1.807, 2.05) is 30.3 Å². The highest BCUT2D eigenvalue weighted by atomic mass is 16.5. The number of para-hydroxylation sites is 1. The Kier molecular flexibility index (Phi) is 4.34. The number of benzene rings is 1. The number of carbonyl (C=O) groups excluding carboxylic acids is 3. The normalized spacial score (nSPS) is 17.9. The minimum atomic E-state index is -0.511. The number of methoxy groups -OCH3 is 1. The van der Waals surface area contributed by atoms with Crippen LogP contribution in [0.5, 0.6) is 0 Å². The molecule has 1 heterocycles. The van der Waals surface area contributed by atoms with Crippen molar-refractivity contribution >= 4 is 23.5 Å². The predicted octanol–water partition coefficient (Wildman–Crippen LogP) is 0.329. The van der Waals surface area contributed by atoms with E-state index >= 15 is 0 Å². The van der Waals surface area contributed by atoms with Crippen LogP contribution in [0.2, 0.25) is 0 Å². The number of carbonyl (C=O) groups is 3. The molecule has 1 atom stereocenters. The molecule has 0 spiro atoms. The van der Waals surface area contributed by atoms with Gasteiger partial charge in [-0.2, -0.15) is 0 Å². The maximum Gasteiger partial charge on any atom is 0.325 e. The molecule has 1 fully saturated rings. The molecule has 1 saturated heterocycles. The van der Waals surface area contributed by atoms with Crippen LogP contribution in [-0.4, -0.2) is 38.0 Å². The van der Waals surface area contributed by atoms with Crippen molar-refractivity contribution in [3.63, 3.8) is 0 Å². The highest BCUT2D eigenvalue weighted by molar-refractivity contribution is 6.00. The highest BCUT2D eigenvalue weighted by Gasteiger charge is 2.35. The Hall–Kier alpha value is -2.37. The number of rotatable bonds is 4. The van der Waals surface area contributed by atoms with Crippen LogP contribution in [0.1, 0.15) is 6.42 Å². The Morgan fingerprint density at radius 3 is 2.70 bits per heavy atom. The Bertz CT molecular complexity index is 515. The van der Waals surface area contributed by atoms with Crippen LogP contribution >= 0.6 is 0 Å². The Labute approximate surface area is 116 Å². The van der Waals surface area contributed by atoms with E-state index in [1.54, 1.807) is 4.90 Å². The van der Waals surface area contributed by atoms with Crippen molar-refractivity contribution in [2.45, 2.75) is 6.42 Å². The molecule has 6 nitrogen and oxygen atoms in total. The summed E-state index contributed by atoms with van der Waals surface area (Å²) in [5.74, 6) is -1.34. The maximum absolute atomic E-state index is 11.9. The van der Waals surface area contributed by atoms with E-state index in [9.17, 15) is 14.4 Å². The number of anilines is 1. The molecule has 2 amide bonds. The van der Waals surface area contributed by atoms with Crippen LogP contribution in [0.15, 0.2) is 30.3 Å². The van der Waals surface area contributed by atoms with Crippen molar-refractivity contribution < 1.29 is 19.1 Å². The third-order valence-corrected chi connectivity index (χ3v) is 3.20. The van der Waals surface area contributed by atoms with Crippen molar-refractivity contribution in [1.29, 1.82) is 0 Å². The Balaban J connectivity index is 1.95. The van der Waals surface area contributed by atoms with Crippen LogP contribution < -0.4 is 10.2 Å². The second-order valence-electron chi connectivity index (χ2n) is 4.53. The Morgan fingerprint density at radius 2 is 2.05 bits per heavy atom. The molecule has 0 radical (unpaired) electrons. The minimum Gasteiger partial charge on any atom is -0.468 e. The van der Waals surface area contributed by atoms with Gasteiger partial charge in [-0.1, -0.05) is 18.2 Å². The molecule has 1 aromatic rings. The zero-order valence-electron chi connectivity index (χ0n) is 11.2. The second-order valence-corrected chi connectivity index (χ2v) is 4.53. The number of amides is 2. The van der Waals surface area contributed by atoms with Gasteiger partial charge in [-0.05, 0) is 12.1 Å². The average molecular weight is 276 g/mol. The molecular weight excluding hydrogens is 260 g/mol. The number of hydrogen-bond acceptors (Lipinski definition) is 4. The molecule has 1 aliphatic rings. The molecule has 1 unspecified atom stereocenters. The molecule has 2 rings (SSSR count). The molecule has 1 aliphatic heterocycles. The summed E-state index contributed by atoms with van der Waals surface area (Å²) in [6, 6.07) is 9.20. The first-order chi connectivity index (χ1) is 9.61. The van der Waals surface area contributed by atoms with E-state index in [2.05, 4.69) is 10.1 Å². The van der Waals surface area contributed by atoms with Crippen LogP contribution in [0.3, 0.4) is 0 Å². The SMILES string of the molecule is COC(=O)CNC(=O)C1CC(=O)N(c2ccccc2)C1. The molecule has 20 heavy (non-hydrogen) atoms. The fourth-order valence-corrected chi connectivity index (χ4v) is 2.12. The van der Waals surface area contributed by atoms with Gasteiger partial charge in [0.25, 0.3) is 0 Å². The molecule has 1 N–H and O–H groups in total. The standard InChI is InChI=1S/C14H16N2O4/c1-20-13(18)8-15-14(19)10-7-12(17)16(9-10)11-5-3-2-4-6-11/h2-6,10H,7-9H2,1H3,(H,15,19). The van der Waals surface area contributed by atoms with E-state index < -0.39 is 11.9 Å². The van der Waals surface area contributed by atoms with Gasteiger partial charge in [-0.3, -0.25) is 14.4 Å². The molecule has 1 aromatic carbocycles.